The van der Waals surface area contributed by atoms with Gasteiger partial charge in [-0.25, -0.2) is 9.97 Å². The van der Waals surface area contributed by atoms with Crippen molar-refractivity contribution in [2.24, 2.45) is 0 Å². The van der Waals surface area contributed by atoms with Crippen molar-refractivity contribution in [2.75, 3.05) is 11.9 Å². The molecule has 1 N–H and O–H groups in total. The lowest BCUT2D eigenvalue weighted by Gasteiger charge is -2.11. The standard InChI is InChI=1S/C14H17ClN4O/c1-4-16-13-6-5-11(15)12(18-13)8-19-10(3)17-9(2)7-14(19)20/h5-7H,4,8H2,1-3H3,(H,16,18). The number of halogens is 1. The Bertz CT molecular complexity index is 681. The van der Waals surface area contributed by atoms with Crippen LogP contribution in [0.3, 0.4) is 0 Å². The van der Waals surface area contributed by atoms with Crippen LogP contribution in [-0.2, 0) is 6.54 Å². The largest absolute Gasteiger partial charge is 0.370 e. The SMILES string of the molecule is CCNc1ccc(Cl)c(Cn2c(C)nc(C)cc2=O)n1. The van der Waals surface area contributed by atoms with Crippen LogP contribution in [0.2, 0.25) is 5.02 Å². The first-order valence-electron chi connectivity index (χ1n) is 6.45. The van der Waals surface area contributed by atoms with E-state index in [-0.39, 0.29) is 5.56 Å². The maximum absolute atomic E-state index is 12.0. The number of hydrogen-bond acceptors (Lipinski definition) is 4. The molecule has 0 aromatic carbocycles. The molecule has 0 atom stereocenters. The highest BCUT2D eigenvalue weighted by atomic mass is 35.5. The molecule has 0 fully saturated rings. The van der Waals surface area contributed by atoms with E-state index in [4.69, 9.17) is 11.6 Å². The van der Waals surface area contributed by atoms with Gasteiger partial charge in [0.05, 0.1) is 17.3 Å². The fourth-order valence-corrected chi connectivity index (χ4v) is 2.15. The molecular formula is C14H17ClN4O. The van der Waals surface area contributed by atoms with Gasteiger partial charge in [-0.1, -0.05) is 11.6 Å². The number of nitrogens with one attached hydrogen (secondary N) is 1. The van der Waals surface area contributed by atoms with E-state index in [0.717, 1.165) is 12.4 Å². The Balaban J connectivity index is 2.39. The van der Waals surface area contributed by atoms with Gasteiger partial charge in [0.1, 0.15) is 11.6 Å². The van der Waals surface area contributed by atoms with Crippen molar-refractivity contribution in [1.29, 1.82) is 0 Å². The van der Waals surface area contributed by atoms with E-state index in [1.165, 1.54) is 6.07 Å². The molecular weight excluding hydrogens is 276 g/mol. The van der Waals surface area contributed by atoms with Crippen molar-refractivity contribution in [3.8, 4) is 0 Å². The smallest absolute Gasteiger partial charge is 0.254 e. The minimum absolute atomic E-state index is 0.0956. The number of rotatable bonds is 4. The molecule has 106 valence electrons. The van der Waals surface area contributed by atoms with Crippen molar-refractivity contribution in [3.05, 3.63) is 50.8 Å². The first kappa shape index (κ1) is 14.5. The average Bonchev–Trinajstić information content (AvgIpc) is 2.37. The fourth-order valence-electron chi connectivity index (χ4n) is 1.98. The van der Waals surface area contributed by atoms with Crippen molar-refractivity contribution in [3.63, 3.8) is 0 Å². The number of pyridine rings is 1. The predicted molar refractivity (Wildman–Crippen MR) is 80.5 cm³/mol. The molecule has 0 aliphatic rings. The van der Waals surface area contributed by atoms with Crippen molar-refractivity contribution in [2.45, 2.75) is 27.3 Å². The van der Waals surface area contributed by atoms with Gasteiger partial charge in [-0.15, -0.1) is 0 Å². The Kier molecular flexibility index (Phi) is 4.39. The highest BCUT2D eigenvalue weighted by Gasteiger charge is 2.09. The Hall–Kier alpha value is -1.88. The molecule has 5 nitrogen and oxygen atoms in total. The monoisotopic (exact) mass is 292 g/mol. The minimum Gasteiger partial charge on any atom is -0.370 e. The Morgan fingerprint density at radius 3 is 2.70 bits per heavy atom. The Labute approximate surface area is 122 Å². The van der Waals surface area contributed by atoms with Crippen molar-refractivity contribution in [1.82, 2.24) is 14.5 Å². The van der Waals surface area contributed by atoms with Gasteiger partial charge < -0.3 is 5.32 Å². The molecule has 0 amide bonds. The fraction of sp³-hybridized carbons (Fsp3) is 0.357. The van der Waals surface area contributed by atoms with Crippen LogP contribution in [-0.4, -0.2) is 21.1 Å². The summed E-state index contributed by atoms with van der Waals surface area (Å²) in [5.74, 6) is 1.40. The van der Waals surface area contributed by atoms with Gasteiger partial charge in [-0.05, 0) is 32.9 Å². The maximum Gasteiger partial charge on any atom is 0.254 e. The van der Waals surface area contributed by atoms with E-state index < -0.39 is 0 Å². The summed E-state index contributed by atoms with van der Waals surface area (Å²) in [5.41, 5.74) is 1.27. The third-order valence-corrected chi connectivity index (χ3v) is 3.26. The van der Waals surface area contributed by atoms with Crippen LogP contribution in [0.5, 0.6) is 0 Å². The zero-order valence-corrected chi connectivity index (χ0v) is 12.5. The number of anilines is 1. The molecule has 0 radical (unpaired) electrons. The molecule has 0 aliphatic heterocycles. The lowest BCUT2D eigenvalue weighted by atomic mass is 10.3. The highest BCUT2D eigenvalue weighted by molar-refractivity contribution is 6.31. The number of nitrogens with zero attached hydrogens (tertiary/aromatic N) is 3. The highest BCUT2D eigenvalue weighted by Crippen LogP contribution is 2.17. The summed E-state index contributed by atoms with van der Waals surface area (Å²) < 4.78 is 1.57. The summed E-state index contributed by atoms with van der Waals surface area (Å²) in [6.45, 7) is 6.69. The van der Waals surface area contributed by atoms with Gasteiger partial charge in [0.15, 0.2) is 0 Å². The first-order chi connectivity index (χ1) is 9.51. The second-order valence-corrected chi connectivity index (χ2v) is 4.93. The first-order valence-corrected chi connectivity index (χ1v) is 6.83. The molecule has 2 aromatic rings. The van der Waals surface area contributed by atoms with Gasteiger partial charge in [0, 0.05) is 18.3 Å². The second-order valence-electron chi connectivity index (χ2n) is 4.52. The summed E-state index contributed by atoms with van der Waals surface area (Å²) in [7, 11) is 0. The molecule has 0 saturated heterocycles. The quantitative estimate of drug-likeness (QED) is 0.940. The lowest BCUT2D eigenvalue weighted by Crippen LogP contribution is -2.24. The third-order valence-electron chi connectivity index (χ3n) is 2.91. The number of aryl methyl sites for hydroxylation is 2. The maximum atomic E-state index is 12.0. The van der Waals surface area contributed by atoms with E-state index >= 15 is 0 Å². The van der Waals surface area contributed by atoms with Crippen molar-refractivity contribution >= 4 is 17.4 Å². The summed E-state index contributed by atoms with van der Waals surface area (Å²) >= 11 is 6.16. The topological polar surface area (TPSA) is 59.8 Å². The number of aromatic nitrogens is 3. The van der Waals surface area contributed by atoms with Gasteiger partial charge in [0.2, 0.25) is 0 Å². The van der Waals surface area contributed by atoms with E-state index in [9.17, 15) is 4.79 Å². The zero-order valence-electron chi connectivity index (χ0n) is 11.8. The van der Waals surface area contributed by atoms with E-state index in [1.807, 2.05) is 13.0 Å². The van der Waals surface area contributed by atoms with Crippen LogP contribution in [0.1, 0.15) is 24.1 Å². The van der Waals surface area contributed by atoms with Gasteiger partial charge in [-0.2, -0.15) is 0 Å². The predicted octanol–water partition coefficient (Wildman–Crippen LogP) is 2.39. The summed E-state index contributed by atoms with van der Waals surface area (Å²) in [4.78, 5) is 20.8. The molecule has 0 spiro atoms. The molecule has 0 bridgehead atoms. The normalized spacial score (nSPS) is 10.6. The Morgan fingerprint density at radius 1 is 1.30 bits per heavy atom. The van der Waals surface area contributed by atoms with Gasteiger partial charge in [0.25, 0.3) is 5.56 Å². The van der Waals surface area contributed by atoms with Gasteiger partial charge >= 0.3 is 0 Å². The number of hydrogen-bond donors (Lipinski definition) is 1. The average molecular weight is 293 g/mol. The van der Waals surface area contributed by atoms with E-state index in [2.05, 4.69) is 15.3 Å². The summed E-state index contributed by atoms with van der Waals surface area (Å²) in [6, 6.07) is 5.11. The lowest BCUT2D eigenvalue weighted by molar-refractivity contribution is 0.681. The molecule has 6 heteroatoms. The summed E-state index contributed by atoms with van der Waals surface area (Å²) in [6.07, 6.45) is 0. The zero-order chi connectivity index (χ0) is 14.7. The van der Waals surface area contributed by atoms with Crippen LogP contribution in [0, 0.1) is 13.8 Å². The van der Waals surface area contributed by atoms with Crippen molar-refractivity contribution < 1.29 is 0 Å². The molecule has 2 aromatic heterocycles. The van der Waals surface area contributed by atoms with E-state index in [0.29, 0.717) is 28.8 Å². The Morgan fingerprint density at radius 2 is 2.05 bits per heavy atom. The van der Waals surface area contributed by atoms with Crippen LogP contribution in [0.15, 0.2) is 23.0 Å². The molecule has 0 unspecified atom stereocenters. The van der Waals surface area contributed by atoms with Crippen LogP contribution in [0.4, 0.5) is 5.82 Å². The molecule has 2 heterocycles. The second kappa shape index (κ2) is 6.05. The molecule has 20 heavy (non-hydrogen) atoms. The minimum atomic E-state index is -0.0956. The van der Waals surface area contributed by atoms with E-state index in [1.54, 1.807) is 24.5 Å². The summed E-state index contributed by atoms with van der Waals surface area (Å²) in [5, 5.41) is 3.67. The van der Waals surface area contributed by atoms with Crippen LogP contribution in [0.25, 0.3) is 0 Å². The van der Waals surface area contributed by atoms with Crippen LogP contribution < -0.4 is 10.9 Å². The van der Waals surface area contributed by atoms with Crippen LogP contribution >= 0.6 is 11.6 Å². The van der Waals surface area contributed by atoms with Gasteiger partial charge in [-0.3, -0.25) is 9.36 Å². The third kappa shape index (κ3) is 3.17. The molecule has 0 saturated carbocycles. The molecule has 2 rings (SSSR count). The molecule has 0 aliphatic carbocycles.